The summed E-state index contributed by atoms with van der Waals surface area (Å²) in [6.45, 7) is 4.31. The van der Waals surface area contributed by atoms with E-state index in [1.165, 1.54) is 10.5 Å². The van der Waals surface area contributed by atoms with E-state index in [2.05, 4.69) is 34.1 Å². The summed E-state index contributed by atoms with van der Waals surface area (Å²) in [6, 6.07) is 16.9. The predicted octanol–water partition coefficient (Wildman–Crippen LogP) is 2.79. The Morgan fingerprint density at radius 3 is 2.22 bits per heavy atom. The molecule has 2 aliphatic rings. The van der Waals surface area contributed by atoms with Gasteiger partial charge in [0, 0.05) is 37.7 Å². The number of carbonyl (C=O) groups is 2. The van der Waals surface area contributed by atoms with E-state index in [0.717, 1.165) is 32.7 Å². The zero-order valence-electron chi connectivity index (χ0n) is 15.1. The molecular weight excluding hydrogens is 362 g/mol. The Morgan fingerprint density at radius 2 is 1.56 bits per heavy atom. The molecule has 2 aromatic rings. The van der Waals surface area contributed by atoms with Gasteiger partial charge in [0.05, 0.1) is 18.2 Å². The summed E-state index contributed by atoms with van der Waals surface area (Å²) in [7, 11) is 0. The lowest BCUT2D eigenvalue weighted by Gasteiger charge is -2.37. The summed E-state index contributed by atoms with van der Waals surface area (Å²) < 4.78 is 0. The Morgan fingerprint density at radius 1 is 0.889 bits per heavy atom. The molecule has 5 nitrogen and oxygen atoms in total. The first-order chi connectivity index (χ1) is 13.1. The lowest BCUT2D eigenvalue weighted by Crippen LogP contribution is -2.52. The van der Waals surface area contributed by atoms with Gasteiger partial charge < -0.3 is 0 Å². The van der Waals surface area contributed by atoms with E-state index in [0.29, 0.717) is 10.7 Å². The van der Waals surface area contributed by atoms with Crippen LogP contribution in [0.4, 0.5) is 5.69 Å². The van der Waals surface area contributed by atoms with Crippen molar-refractivity contribution in [3.63, 3.8) is 0 Å². The zero-order valence-corrected chi connectivity index (χ0v) is 15.8. The maximum atomic E-state index is 12.9. The van der Waals surface area contributed by atoms with Crippen LogP contribution in [-0.4, -0.2) is 53.8 Å². The van der Waals surface area contributed by atoms with E-state index in [1.54, 1.807) is 24.3 Å². The van der Waals surface area contributed by atoms with E-state index in [4.69, 9.17) is 11.6 Å². The lowest BCUT2D eigenvalue weighted by molar-refractivity contribution is -0.123. The third-order valence-corrected chi connectivity index (χ3v) is 5.56. The van der Waals surface area contributed by atoms with Gasteiger partial charge in [-0.2, -0.15) is 0 Å². The average Bonchev–Trinajstić information content (AvgIpc) is 2.98. The van der Waals surface area contributed by atoms with Crippen molar-refractivity contribution in [1.29, 1.82) is 0 Å². The van der Waals surface area contributed by atoms with Gasteiger partial charge in [-0.25, -0.2) is 4.90 Å². The van der Waals surface area contributed by atoms with Crippen LogP contribution in [0.3, 0.4) is 0 Å². The van der Waals surface area contributed by atoms with Crippen molar-refractivity contribution in [3.8, 4) is 0 Å². The number of piperazine rings is 1. The van der Waals surface area contributed by atoms with Crippen LogP contribution in [-0.2, 0) is 16.1 Å². The van der Waals surface area contributed by atoms with Crippen LogP contribution in [0.5, 0.6) is 0 Å². The molecular formula is C21H22ClN3O2. The normalized spacial score (nSPS) is 21.8. The summed E-state index contributed by atoms with van der Waals surface area (Å²) in [5, 5.41) is 0.587. The quantitative estimate of drug-likeness (QED) is 0.761. The molecule has 1 atom stereocenters. The van der Waals surface area contributed by atoms with Crippen LogP contribution in [0.2, 0.25) is 5.02 Å². The second-order valence-corrected chi connectivity index (χ2v) is 7.50. The van der Waals surface area contributed by atoms with Crippen LogP contribution >= 0.6 is 11.6 Å². The Balaban J connectivity index is 1.38. The van der Waals surface area contributed by atoms with Crippen molar-refractivity contribution in [2.45, 2.75) is 19.0 Å². The fourth-order valence-corrected chi connectivity index (χ4v) is 3.96. The Hall–Kier alpha value is -2.21. The molecule has 2 amide bonds. The van der Waals surface area contributed by atoms with Crippen LogP contribution in [0.25, 0.3) is 0 Å². The summed E-state index contributed by atoms with van der Waals surface area (Å²) in [4.78, 5) is 31.2. The molecule has 1 unspecified atom stereocenters. The lowest BCUT2D eigenvalue weighted by atomic mass is 10.1. The van der Waals surface area contributed by atoms with Crippen LogP contribution in [0.15, 0.2) is 54.6 Å². The topological polar surface area (TPSA) is 43.9 Å². The molecule has 0 bridgehead atoms. The molecule has 2 saturated heterocycles. The fraction of sp³-hybridized carbons (Fsp3) is 0.333. The minimum Gasteiger partial charge on any atom is -0.297 e. The predicted molar refractivity (Wildman–Crippen MR) is 106 cm³/mol. The van der Waals surface area contributed by atoms with Crippen molar-refractivity contribution in [2.75, 3.05) is 31.1 Å². The van der Waals surface area contributed by atoms with Gasteiger partial charge in [0.2, 0.25) is 5.91 Å². The van der Waals surface area contributed by atoms with E-state index < -0.39 is 0 Å². The average molecular weight is 384 g/mol. The first kappa shape index (κ1) is 18.2. The van der Waals surface area contributed by atoms with Crippen LogP contribution in [0, 0.1) is 0 Å². The van der Waals surface area contributed by atoms with Crippen LogP contribution < -0.4 is 4.90 Å². The number of hydrogen-bond acceptors (Lipinski definition) is 4. The van der Waals surface area contributed by atoms with Crippen molar-refractivity contribution in [3.05, 3.63) is 65.2 Å². The Bertz CT molecular complexity index is 817. The molecule has 6 heteroatoms. The zero-order chi connectivity index (χ0) is 18.8. The van der Waals surface area contributed by atoms with E-state index in [-0.39, 0.29) is 24.3 Å². The van der Waals surface area contributed by atoms with Crippen molar-refractivity contribution in [2.24, 2.45) is 0 Å². The molecule has 0 N–H and O–H groups in total. The molecule has 0 aromatic heterocycles. The van der Waals surface area contributed by atoms with Gasteiger partial charge in [-0.1, -0.05) is 41.9 Å². The molecule has 2 fully saturated rings. The number of rotatable bonds is 4. The highest BCUT2D eigenvalue weighted by Crippen LogP contribution is 2.27. The molecule has 27 heavy (non-hydrogen) atoms. The summed E-state index contributed by atoms with van der Waals surface area (Å²) in [5.74, 6) is -0.266. The highest BCUT2D eigenvalue weighted by molar-refractivity contribution is 6.30. The third kappa shape index (κ3) is 3.90. The number of carbonyl (C=O) groups excluding carboxylic acids is 2. The summed E-state index contributed by atoms with van der Waals surface area (Å²) >= 11 is 5.91. The molecule has 0 saturated carbocycles. The summed E-state index contributed by atoms with van der Waals surface area (Å²) in [5.41, 5.74) is 1.89. The van der Waals surface area contributed by atoms with Gasteiger partial charge in [-0.3, -0.25) is 19.4 Å². The van der Waals surface area contributed by atoms with Gasteiger partial charge in [-0.15, -0.1) is 0 Å². The summed E-state index contributed by atoms with van der Waals surface area (Å²) in [6.07, 6.45) is 0.250. The van der Waals surface area contributed by atoms with Gasteiger partial charge in [0.15, 0.2) is 0 Å². The number of imide groups is 1. The number of amides is 2. The van der Waals surface area contributed by atoms with Crippen molar-refractivity contribution in [1.82, 2.24) is 9.80 Å². The Labute approximate surface area is 164 Å². The second-order valence-electron chi connectivity index (χ2n) is 7.06. The standard InChI is InChI=1S/C21H22ClN3O2/c22-17-6-8-18(9-7-17)25-20(26)14-19(21(25)27)24-12-10-23(11-13-24)15-16-4-2-1-3-5-16/h1-9,19H,10-15H2. The number of halogens is 1. The molecule has 2 aromatic carbocycles. The monoisotopic (exact) mass is 383 g/mol. The minimum atomic E-state index is -0.355. The molecule has 0 radical (unpaired) electrons. The maximum absolute atomic E-state index is 12.9. The molecule has 2 heterocycles. The molecule has 4 rings (SSSR count). The molecule has 2 aliphatic heterocycles. The maximum Gasteiger partial charge on any atom is 0.251 e. The van der Waals surface area contributed by atoms with Gasteiger partial charge in [-0.05, 0) is 29.8 Å². The van der Waals surface area contributed by atoms with Crippen molar-refractivity contribution < 1.29 is 9.59 Å². The molecule has 0 aliphatic carbocycles. The number of benzene rings is 2. The van der Waals surface area contributed by atoms with Crippen LogP contribution in [0.1, 0.15) is 12.0 Å². The first-order valence-corrected chi connectivity index (χ1v) is 9.62. The van der Waals surface area contributed by atoms with E-state index in [9.17, 15) is 9.59 Å². The van der Waals surface area contributed by atoms with Crippen molar-refractivity contribution >= 4 is 29.1 Å². The van der Waals surface area contributed by atoms with Gasteiger partial charge >= 0.3 is 0 Å². The number of hydrogen-bond donors (Lipinski definition) is 0. The largest absolute Gasteiger partial charge is 0.297 e. The van der Waals surface area contributed by atoms with Gasteiger partial charge in [0.1, 0.15) is 0 Å². The molecule has 140 valence electrons. The first-order valence-electron chi connectivity index (χ1n) is 9.24. The van der Waals surface area contributed by atoms with E-state index in [1.807, 2.05) is 6.07 Å². The SMILES string of the molecule is O=C1CC(N2CCN(Cc3ccccc3)CC2)C(=O)N1c1ccc(Cl)cc1. The van der Waals surface area contributed by atoms with Gasteiger partial charge in [0.25, 0.3) is 5.91 Å². The fourth-order valence-electron chi connectivity index (χ4n) is 3.84. The Kier molecular flexibility index (Phi) is 5.25. The second kappa shape index (κ2) is 7.80. The highest BCUT2D eigenvalue weighted by atomic mass is 35.5. The number of anilines is 1. The number of nitrogens with zero attached hydrogens (tertiary/aromatic N) is 3. The minimum absolute atomic E-state index is 0.126. The van der Waals surface area contributed by atoms with E-state index >= 15 is 0 Å². The highest BCUT2D eigenvalue weighted by Gasteiger charge is 2.43. The molecule has 0 spiro atoms. The third-order valence-electron chi connectivity index (χ3n) is 5.30. The smallest absolute Gasteiger partial charge is 0.251 e.